The van der Waals surface area contributed by atoms with Crippen molar-refractivity contribution in [1.82, 2.24) is 15.2 Å². The van der Waals surface area contributed by atoms with Gasteiger partial charge in [0.25, 0.3) is 5.91 Å². The number of likely N-dealkylation sites (N-methyl/N-ethyl adjacent to an activating group) is 1. The number of thiazole rings is 1. The monoisotopic (exact) mass is 583 g/mol. The largest absolute Gasteiger partial charge is 0.493 e. The van der Waals surface area contributed by atoms with Crippen molar-refractivity contribution in [3.05, 3.63) is 64.4 Å². The summed E-state index contributed by atoms with van der Waals surface area (Å²) in [4.78, 5) is 44.0. The van der Waals surface area contributed by atoms with E-state index in [0.717, 1.165) is 15.1 Å². The number of benzene rings is 2. The highest BCUT2D eigenvalue weighted by molar-refractivity contribution is 7.22. The van der Waals surface area contributed by atoms with Crippen LogP contribution in [-0.2, 0) is 11.2 Å². The molecular weight excluding hydrogens is 554 g/mol. The molecule has 0 saturated heterocycles. The number of hydrogen-bond acceptors (Lipinski definition) is 9. The van der Waals surface area contributed by atoms with Crippen LogP contribution in [0.2, 0.25) is 0 Å². The fourth-order valence-electron chi connectivity index (χ4n) is 3.94. The maximum absolute atomic E-state index is 12.9. The second-order valence-corrected chi connectivity index (χ2v) is 10.8. The summed E-state index contributed by atoms with van der Waals surface area (Å²) in [6, 6.07) is 13.3. The zero-order valence-corrected chi connectivity index (χ0v) is 23.7. The van der Waals surface area contributed by atoms with Crippen LogP contribution in [-0.4, -0.2) is 73.3 Å². The Morgan fingerprint density at radius 2 is 1.88 bits per heavy atom. The van der Waals surface area contributed by atoms with Crippen molar-refractivity contribution in [3.8, 4) is 11.5 Å². The second kappa shape index (κ2) is 13.1. The smallest absolute Gasteiger partial charge is 0.405 e. The fraction of sp³-hybridized carbons (Fsp3) is 0.259. The SMILES string of the molecule is COc1ccc(NC(=O)c2ccc3nc(NCCN(C)C(=O)C(Cc4cccs4)NC(=O)O)sc3c2)cc1OC. The normalized spacial score (nSPS) is 11.5. The molecule has 13 heteroatoms. The van der Waals surface area contributed by atoms with E-state index in [-0.39, 0.29) is 11.8 Å². The Bertz CT molecular complexity index is 1490. The molecule has 0 saturated carbocycles. The van der Waals surface area contributed by atoms with Crippen LogP contribution in [0, 0.1) is 0 Å². The van der Waals surface area contributed by atoms with Gasteiger partial charge in [-0.15, -0.1) is 11.3 Å². The Hall–Kier alpha value is -4.36. The number of fused-ring (bicyclic) bond motifs is 1. The molecule has 0 aliphatic carbocycles. The minimum Gasteiger partial charge on any atom is -0.493 e. The van der Waals surface area contributed by atoms with Gasteiger partial charge < -0.3 is 35.4 Å². The number of hydrogen-bond donors (Lipinski definition) is 4. The van der Waals surface area contributed by atoms with Gasteiger partial charge in [-0.1, -0.05) is 17.4 Å². The Kier molecular flexibility index (Phi) is 9.40. The van der Waals surface area contributed by atoms with Gasteiger partial charge in [0.05, 0.1) is 24.4 Å². The minimum atomic E-state index is -1.24. The van der Waals surface area contributed by atoms with Crippen LogP contribution >= 0.6 is 22.7 Å². The number of nitrogens with zero attached hydrogens (tertiary/aromatic N) is 2. The summed E-state index contributed by atoms with van der Waals surface area (Å²) in [5.41, 5.74) is 1.79. The minimum absolute atomic E-state index is 0.274. The first-order valence-electron chi connectivity index (χ1n) is 12.2. The molecule has 2 aromatic heterocycles. The number of carboxylic acid groups (broad SMARTS) is 1. The molecule has 0 radical (unpaired) electrons. The van der Waals surface area contributed by atoms with Crippen molar-refractivity contribution in [2.75, 3.05) is 45.0 Å². The summed E-state index contributed by atoms with van der Waals surface area (Å²) in [7, 11) is 4.71. The standard InChI is InChI=1S/C27H29N5O6S2/c1-32(25(34)20(31-27(35)36)15-18-5-4-12-39-18)11-10-28-26-30-19-8-6-16(13-23(19)40-26)24(33)29-17-7-9-21(37-2)22(14-17)38-3/h4-9,12-14,20,31H,10-11,15H2,1-3H3,(H,28,30)(H,29,33)(H,35,36). The first kappa shape index (κ1) is 28.6. The molecule has 4 aromatic rings. The van der Waals surface area contributed by atoms with E-state index in [1.54, 1.807) is 50.6 Å². The molecule has 0 bridgehead atoms. The summed E-state index contributed by atoms with van der Waals surface area (Å²) < 4.78 is 11.4. The topological polar surface area (TPSA) is 142 Å². The lowest BCUT2D eigenvalue weighted by molar-refractivity contribution is -0.131. The number of carbonyl (C=O) groups is 3. The lowest BCUT2D eigenvalue weighted by Gasteiger charge is -2.23. The van der Waals surface area contributed by atoms with Gasteiger partial charge in [0, 0.05) is 48.8 Å². The summed E-state index contributed by atoms with van der Waals surface area (Å²) in [5, 5.41) is 20.1. The molecule has 0 aliphatic heterocycles. The van der Waals surface area contributed by atoms with E-state index in [1.807, 2.05) is 17.5 Å². The number of ether oxygens (including phenoxy) is 2. The van der Waals surface area contributed by atoms with E-state index in [4.69, 9.17) is 9.47 Å². The molecule has 4 N–H and O–H groups in total. The van der Waals surface area contributed by atoms with E-state index in [0.29, 0.717) is 47.4 Å². The number of anilines is 2. The highest BCUT2D eigenvalue weighted by Crippen LogP contribution is 2.31. The predicted octanol–water partition coefficient (Wildman–Crippen LogP) is 4.38. The van der Waals surface area contributed by atoms with Crippen LogP contribution in [0.3, 0.4) is 0 Å². The van der Waals surface area contributed by atoms with Gasteiger partial charge in [-0.05, 0) is 41.8 Å². The third-order valence-electron chi connectivity index (χ3n) is 5.97. The molecule has 1 atom stereocenters. The molecular formula is C27H29N5O6S2. The number of rotatable bonds is 12. The van der Waals surface area contributed by atoms with Crippen molar-refractivity contribution in [1.29, 1.82) is 0 Å². The first-order chi connectivity index (χ1) is 19.3. The predicted molar refractivity (Wildman–Crippen MR) is 156 cm³/mol. The van der Waals surface area contributed by atoms with Gasteiger partial charge in [-0.3, -0.25) is 9.59 Å². The van der Waals surface area contributed by atoms with Crippen molar-refractivity contribution in [3.63, 3.8) is 0 Å². The molecule has 0 aliphatic rings. The van der Waals surface area contributed by atoms with Gasteiger partial charge in [0.1, 0.15) is 6.04 Å². The van der Waals surface area contributed by atoms with Crippen molar-refractivity contribution in [2.45, 2.75) is 12.5 Å². The summed E-state index contributed by atoms with van der Waals surface area (Å²) >= 11 is 2.87. The number of carbonyl (C=O) groups excluding carboxylic acids is 2. The van der Waals surface area contributed by atoms with Crippen molar-refractivity contribution in [2.24, 2.45) is 0 Å². The van der Waals surface area contributed by atoms with E-state index < -0.39 is 12.1 Å². The van der Waals surface area contributed by atoms with Crippen LogP contribution in [0.15, 0.2) is 53.9 Å². The van der Waals surface area contributed by atoms with E-state index in [2.05, 4.69) is 20.9 Å². The van der Waals surface area contributed by atoms with Crippen LogP contribution < -0.4 is 25.4 Å². The number of aromatic nitrogens is 1. The maximum Gasteiger partial charge on any atom is 0.405 e. The Balaban J connectivity index is 1.34. The van der Waals surface area contributed by atoms with Crippen molar-refractivity contribution >= 4 is 61.6 Å². The van der Waals surface area contributed by atoms with Gasteiger partial charge in [0.15, 0.2) is 16.6 Å². The Morgan fingerprint density at radius 3 is 2.58 bits per heavy atom. The van der Waals surface area contributed by atoms with Crippen LogP contribution in [0.4, 0.5) is 15.6 Å². The van der Waals surface area contributed by atoms with E-state index in [9.17, 15) is 19.5 Å². The van der Waals surface area contributed by atoms with E-state index in [1.165, 1.54) is 34.7 Å². The molecule has 40 heavy (non-hydrogen) atoms. The average molecular weight is 584 g/mol. The summed E-state index contributed by atoms with van der Waals surface area (Å²) in [6.07, 6.45) is -0.951. The molecule has 1 unspecified atom stereocenters. The van der Waals surface area contributed by atoms with Gasteiger partial charge in [0.2, 0.25) is 5.91 Å². The number of amides is 3. The quantitative estimate of drug-likeness (QED) is 0.193. The van der Waals surface area contributed by atoms with E-state index >= 15 is 0 Å². The number of thiophene rings is 1. The molecule has 0 fully saturated rings. The van der Waals surface area contributed by atoms with Crippen LogP contribution in [0.1, 0.15) is 15.2 Å². The zero-order valence-electron chi connectivity index (χ0n) is 22.1. The summed E-state index contributed by atoms with van der Waals surface area (Å²) in [6.45, 7) is 0.753. The highest BCUT2D eigenvalue weighted by atomic mass is 32.1. The molecule has 2 aromatic carbocycles. The zero-order chi connectivity index (χ0) is 28.6. The lowest BCUT2D eigenvalue weighted by atomic mass is 10.1. The first-order valence-corrected chi connectivity index (χ1v) is 13.9. The maximum atomic E-state index is 12.9. The molecule has 3 amide bonds. The van der Waals surface area contributed by atoms with Crippen LogP contribution in [0.25, 0.3) is 10.2 Å². The summed E-state index contributed by atoms with van der Waals surface area (Å²) in [5.74, 6) is 0.492. The van der Waals surface area contributed by atoms with Crippen molar-refractivity contribution < 1.29 is 29.0 Å². The van der Waals surface area contributed by atoms with Gasteiger partial charge in [-0.25, -0.2) is 9.78 Å². The molecule has 2 heterocycles. The molecule has 4 rings (SSSR count). The third-order valence-corrected chi connectivity index (χ3v) is 7.85. The lowest BCUT2D eigenvalue weighted by Crippen LogP contribution is -2.49. The fourth-order valence-corrected chi connectivity index (χ4v) is 5.63. The highest BCUT2D eigenvalue weighted by Gasteiger charge is 2.24. The Morgan fingerprint density at radius 1 is 1.07 bits per heavy atom. The molecule has 210 valence electrons. The third kappa shape index (κ3) is 7.18. The molecule has 11 nitrogen and oxygen atoms in total. The average Bonchev–Trinajstić information content (AvgIpc) is 3.60. The van der Waals surface area contributed by atoms with Crippen LogP contribution in [0.5, 0.6) is 11.5 Å². The van der Waals surface area contributed by atoms with Gasteiger partial charge in [-0.2, -0.15) is 0 Å². The Labute approximate surface area is 238 Å². The van der Waals surface area contributed by atoms with Gasteiger partial charge >= 0.3 is 6.09 Å². The molecule has 0 spiro atoms. The number of methoxy groups -OCH3 is 2. The number of nitrogens with one attached hydrogen (secondary N) is 3. The second-order valence-electron chi connectivity index (χ2n) is 8.70.